The van der Waals surface area contributed by atoms with E-state index in [2.05, 4.69) is 15.9 Å². The molecule has 0 saturated carbocycles. The van der Waals surface area contributed by atoms with Gasteiger partial charge in [0, 0.05) is 47.4 Å². The van der Waals surface area contributed by atoms with E-state index in [1.54, 1.807) is 21.7 Å². The highest BCUT2D eigenvalue weighted by Crippen LogP contribution is 2.39. The van der Waals surface area contributed by atoms with E-state index in [0.717, 1.165) is 27.4 Å². The van der Waals surface area contributed by atoms with Crippen molar-refractivity contribution in [3.63, 3.8) is 0 Å². The fraction of sp³-hybridized carbons (Fsp3) is 0.344. The Morgan fingerprint density at radius 3 is 2.33 bits per heavy atom. The molecule has 10 heteroatoms. The minimum atomic E-state index is -0.786. The molecule has 5 rings (SSSR count). The number of aromatic nitrogens is 2. The minimum absolute atomic E-state index is 0.0603. The smallest absolute Gasteiger partial charge is 0.410 e. The molecule has 0 aliphatic carbocycles. The third-order valence-electron chi connectivity index (χ3n) is 7.20. The van der Waals surface area contributed by atoms with Crippen LogP contribution in [0.2, 0.25) is 0 Å². The second kappa shape index (κ2) is 11.5. The molecular weight excluding hydrogens is 608 g/mol. The Balaban J connectivity index is 1.55. The first-order chi connectivity index (χ1) is 19.8. The van der Waals surface area contributed by atoms with E-state index in [1.165, 1.54) is 18.2 Å². The van der Waals surface area contributed by atoms with Crippen LogP contribution in [0.5, 0.6) is 0 Å². The first kappa shape index (κ1) is 29.7. The Labute approximate surface area is 251 Å². The van der Waals surface area contributed by atoms with E-state index in [-0.39, 0.29) is 28.9 Å². The van der Waals surface area contributed by atoms with Gasteiger partial charge in [-0.05, 0) is 88.9 Å². The predicted molar refractivity (Wildman–Crippen MR) is 160 cm³/mol. The maximum Gasteiger partial charge on any atom is 0.410 e. The number of hydrogen-bond acceptors (Lipinski definition) is 5. The number of pyridine rings is 1. The van der Waals surface area contributed by atoms with Gasteiger partial charge in [-0.15, -0.1) is 0 Å². The lowest BCUT2D eigenvalue weighted by Gasteiger charge is -2.32. The number of benzene rings is 2. The Morgan fingerprint density at radius 1 is 1.05 bits per heavy atom. The molecule has 0 unspecified atom stereocenters. The zero-order valence-corrected chi connectivity index (χ0v) is 25.7. The lowest BCUT2D eigenvalue weighted by Crippen LogP contribution is -2.41. The summed E-state index contributed by atoms with van der Waals surface area (Å²) in [6.07, 6.45) is 2.44. The standard InChI is InChI=1S/C32H32BrF2N3O4/c1-18-14-22(33)15-19(2)28(18)38-17-21(6-9-26(38)39)27-29(24-8-7-23(34)16-25(24)35)41-30(36-27)20-10-12-37(13-11-20)31(40)42-32(3,4)5/h6-9,14-17,20H,10-13H2,1-5H3. The van der Waals surface area contributed by atoms with Crippen molar-refractivity contribution in [2.24, 2.45) is 0 Å². The van der Waals surface area contributed by atoms with Crippen LogP contribution in [0.3, 0.4) is 0 Å². The number of halogens is 3. The van der Waals surface area contributed by atoms with Gasteiger partial charge >= 0.3 is 6.09 Å². The van der Waals surface area contributed by atoms with Crippen LogP contribution in [-0.2, 0) is 4.74 Å². The van der Waals surface area contributed by atoms with Crippen molar-refractivity contribution >= 4 is 22.0 Å². The van der Waals surface area contributed by atoms with Crippen LogP contribution >= 0.6 is 15.9 Å². The van der Waals surface area contributed by atoms with Crippen molar-refractivity contribution in [3.8, 4) is 28.3 Å². The number of aryl methyl sites for hydroxylation is 2. The number of hydrogen-bond donors (Lipinski definition) is 0. The first-order valence-electron chi connectivity index (χ1n) is 13.7. The molecule has 0 atom stereocenters. The van der Waals surface area contributed by atoms with E-state index in [9.17, 15) is 14.0 Å². The molecule has 220 valence electrons. The van der Waals surface area contributed by atoms with Gasteiger partial charge in [-0.2, -0.15) is 0 Å². The van der Waals surface area contributed by atoms with Crippen molar-refractivity contribution in [2.45, 2.75) is 59.0 Å². The third kappa shape index (κ3) is 6.18. The molecule has 1 saturated heterocycles. The molecule has 0 radical (unpaired) electrons. The second-order valence-corrected chi connectivity index (χ2v) is 12.5. The van der Waals surface area contributed by atoms with Gasteiger partial charge in [0.25, 0.3) is 5.56 Å². The lowest BCUT2D eigenvalue weighted by molar-refractivity contribution is 0.0199. The Kier molecular flexibility index (Phi) is 8.11. The van der Waals surface area contributed by atoms with Crippen LogP contribution in [0.4, 0.5) is 13.6 Å². The molecule has 1 aliphatic rings. The van der Waals surface area contributed by atoms with Gasteiger partial charge in [0.05, 0.1) is 11.3 Å². The van der Waals surface area contributed by atoms with Crippen molar-refractivity contribution in [1.29, 1.82) is 0 Å². The van der Waals surface area contributed by atoms with Gasteiger partial charge in [0.15, 0.2) is 11.7 Å². The zero-order chi connectivity index (χ0) is 30.3. The first-order valence-corrected chi connectivity index (χ1v) is 14.5. The van der Waals surface area contributed by atoms with Gasteiger partial charge < -0.3 is 14.1 Å². The zero-order valence-electron chi connectivity index (χ0n) is 24.1. The normalized spacial score (nSPS) is 14.3. The number of amides is 1. The van der Waals surface area contributed by atoms with E-state index in [4.69, 9.17) is 14.1 Å². The molecule has 0 bridgehead atoms. The third-order valence-corrected chi connectivity index (χ3v) is 7.65. The highest BCUT2D eigenvalue weighted by molar-refractivity contribution is 9.10. The lowest BCUT2D eigenvalue weighted by atomic mass is 9.97. The SMILES string of the molecule is Cc1cc(Br)cc(C)c1-n1cc(-c2nc(C3CCN(C(=O)OC(C)(C)C)CC3)oc2-c2ccc(F)cc2F)ccc1=O. The Bertz CT molecular complexity index is 1690. The van der Waals surface area contributed by atoms with Crippen LogP contribution in [0.15, 0.2) is 62.3 Å². The molecule has 1 fully saturated rings. The summed E-state index contributed by atoms with van der Waals surface area (Å²) in [5.41, 5.74) is 2.63. The monoisotopic (exact) mass is 639 g/mol. The van der Waals surface area contributed by atoms with Crippen LogP contribution in [0, 0.1) is 25.5 Å². The quantitative estimate of drug-likeness (QED) is 0.227. The molecule has 7 nitrogen and oxygen atoms in total. The number of carbonyl (C=O) groups is 1. The molecule has 1 aliphatic heterocycles. The number of piperidine rings is 1. The number of nitrogens with zero attached hydrogens (tertiary/aromatic N) is 3. The summed E-state index contributed by atoms with van der Waals surface area (Å²) in [6.45, 7) is 10.2. The highest BCUT2D eigenvalue weighted by atomic mass is 79.9. The van der Waals surface area contributed by atoms with Gasteiger partial charge in [-0.25, -0.2) is 18.6 Å². The summed E-state index contributed by atoms with van der Waals surface area (Å²) >= 11 is 3.50. The Hall–Kier alpha value is -3.79. The fourth-order valence-corrected chi connectivity index (χ4v) is 5.97. The highest BCUT2D eigenvalue weighted by Gasteiger charge is 2.31. The summed E-state index contributed by atoms with van der Waals surface area (Å²) in [5, 5.41) is 0. The van der Waals surface area contributed by atoms with Crippen molar-refractivity contribution in [1.82, 2.24) is 14.5 Å². The van der Waals surface area contributed by atoms with Gasteiger partial charge in [-0.3, -0.25) is 9.36 Å². The number of carbonyl (C=O) groups excluding carboxylic acids is 1. The molecule has 1 amide bonds. The molecule has 2 aromatic heterocycles. The molecule has 0 spiro atoms. The van der Waals surface area contributed by atoms with Crippen LogP contribution in [-0.4, -0.2) is 39.2 Å². The second-order valence-electron chi connectivity index (χ2n) is 11.6. The fourth-order valence-electron chi connectivity index (χ4n) is 5.28. The largest absolute Gasteiger partial charge is 0.444 e. The van der Waals surface area contributed by atoms with Gasteiger partial charge in [-0.1, -0.05) is 15.9 Å². The summed E-state index contributed by atoms with van der Waals surface area (Å²) in [4.78, 5) is 32.1. The van der Waals surface area contributed by atoms with Crippen molar-refractivity contribution < 1.29 is 22.7 Å². The minimum Gasteiger partial charge on any atom is -0.444 e. The van der Waals surface area contributed by atoms with E-state index >= 15 is 4.39 Å². The van der Waals surface area contributed by atoms with Crippen molar-refractivity contribution in [3.05, 3.63) is 92.1 Å². The average Bonchev–Trinajstić information content (AvgIpc) is 3.33. The average molecular weight is 641 g/mol. The van der Waals surface area contributed by atoms with Crippen LogP contribution in [0.25, 0.3) is 28.3 Å². The van der Waals surface area contributed by atoms with Gasteiger partial charge in [0.2, 0.25) is 0 Å². The molecular formula is C32H32BrF2N3O4. The van der Waals surface area contributed by atoms with E-state index < -0.39 is 17.2 Å². The topological polar surface area (TPSA) is 77.6 Å². The molecule has 4 aromatic rings. The maximum absolute atomic E-state index is 15.1. The summed E-state index contributed by atoms with van der Waals surface area (Å²) in [5.74, 6) is -1.09. The summed E-state index contributed by atoms with van der Waals surface area (Å²) in [7, 11) is 0. The number of rotatable bonds is 4. The Morgan fingerprint density at radius 2 is 1.71 bits per heavy atom. The van der Waals surface area contributed by atoms with Gasteiger partial charge in [0.1, 0.15) is 22.9 Å². The summed E-state index contributed by atoms with van der Waals surface area (Å²) < 4.78 is 43.1. The van der Waals surface area contributed by atoms with Crippen molar-refractivity contribution in [2.75, 3.05) is 13.1 Å². The van der Waals surface area contributed by atoms with E-state index in [1.807, 2.05) is 46.8 Å². The number of likely N-dealkylation sites (tertiary alicyclic amines) is 1. The molecule has 3 heterocycles. The van der Waals surface area contributed by atoms with Crippen LogP contribution < -0.4 is 5.56 Å². The van der Waals surface area contributed by atoms with Crippen LogP contribution in [0.1, 0.15) is 56.5 Å². The molecule has 42 heavy (non-hydrogen) atoms. The number of oxazole rings is 1. The predicted octanol–water partition coefficient (Wildman–Crippen LogP) is 7.93. The number of ether oxygens (including phenoxy) is 1. The molecule has 2 aromatic carbocycles. The molecule has 0 N–H and O–H groups in total. The maximum atomic E-state index is 15.1. The summed E-state index contributed by atoms with van der Waals surface area (Å²) in [6, 6.07) is 10.2. The van der Waals surface area contributed by atoms with E-state index in [0.29, 0.717) is 43.1 Å².